The summed E-state index contributed by atoms with van der Waals surface area (Å²) in [6, 6.07) is -1.50. The van der Waals surface area contributed by atoms with Gasteiger partial charge in [0.25, 0.3) is 0 Å². The Kier molecular flexibility index (Phi) is 15.6. The van der Waals surface area contributed by atoms with Crippen molar-refractivity contribution in [2.75, 3.05) is 33.0 Å². The van der Waals surface area contributed by atoms with E-state index in [1.807, 2.05) is 0 Å². The Morgan fingerprint density at radius 1 is 0.667 bits per heavy atom. The highest BCUT2D eigenvalue weighted by Gasteiger charge is 2.53. The van der Waals surface area contributed by atoms with Crippen LogP contribution in [0.2, 0.25) is 0 Å². The number of carbonyl (C=O) groups excluding carboxylic acids is 1. The van der Waals surface area contributed by atoms with Gasteiger partial charge in [0.2, 0.25) is 5.91 Å². The van der Waals surface area contributed by atoms with Gasteiger partial charge < -0.3 is 105 Å². The predicted octanol–water partition coefficient (Wildman–Crippen LogP) is -9.97. The Morgan fingerprint density at radius 3 is 1.71 bits per heavy atom. The zero-order valence-corrected chi connectivity index (χ0v) is 25.6. The highest BCUT2D eigenvalue weighted by Crippen LogP contribution is 2.31. The summed E-state index contributed by atoms with van der Waals surface area (Å²) < 4.78 is 33.2. The monoisotopic (exact) mass is 709 g/mol. The van der Waals surface area contributed by atoms with Crippen LogP contribution in [0.25, 0.3) is 0 Å². The van der Waals surface area contributed by atoms with Gasteiger partial charge in [0.05, 0.1) is 33.0 Å². The minimum atomic E-state index is -2.04. The van der Waals surface area contributed by atoms with Crippen molar-refractivity contribution in [3.8, 4) is 0 Å². The molecule has 3 aliphatic heterocycles. The molecule has 3 heterocycles. The van der Waals surface area contributed by atoms with E-state index in [1.165, 1.54) is 0 Å². The van der Waals surface area contributed by atoms with Gasteiger partial charge in [-0.05, 0) is 0 Å². The molecule has 0 saturated carbocycles. The van der Waals surface area contributed by atoms with Crippen molar-refractivity contribution in [2.45, 2.75) is 123 Å². The topological polar surface area (TPSA) is 368 Å². The molecule has 0 unspecified atom stereocenters. The highest BCUT2D eigenvalue weighted by molar-refractivity contribution is 5.73. The van der Waals surface area contributed by atoms with Crippen LogP contribution >= 0.6 is 0 Å². The SMILES string of the molecule is CC(=O)N[C@H]1[C@H](OC[C@H]2O[C@@H](O[C@@H]([C@H](O)[C@@H](O)CO)[C@H](O)CO)[C@H](O)[C@@H](O)[C@H]2O)O[C@H](CO)[C@@H](O)[C@@H]1O[C@@H]1O[C@H](CO)[C@@H](O)[C@H](O)[C@H]1O. The lowest BCUT2D eigenvalue weighted by molar-refractivity contribution is -0.353. The van der Waals surface area contributed by atoms with E-state index in [0.29, 0.717) is 0 Å². The Hall–Kier alpha value is -1.33. The zero-order chi connectivity index (χ0) is 36.0. The molecule has 48 heavy (non-hydrogen) atoms. The first kappa shape index (κ1) is 41.1. The second-order valence-electron chi connectivity index (χ2n) is 11.7. The third-order valence-electron chi connectivity index (χ3n) is 8.23. The first-order valence-electron chi connectivity index (χ1n) is 15.0. The van der Waals surface area contributed by atoms with Crippen molar-refractivity contribution in [2.24, 2.45) is 0 Å². The third kappa shape index (κ3) is 9.31. The van der Waals surface area contributed by atoms with Gasteiger partial charge in [-0.1, -0.05) is 0 Å². The van der Waals surface area contributed by atoms with Crippen LogP contribution in [-0.4, -0.2) is 227 Å². The van der Waals surface area contributed by atoms with E-state index in [-0.39, 0.29) is 0 Å². The molecule has 1 amide bonds. The summed E-state index contributed by atoms with van der Waals surface area (Å²) in [5.74, 6) is -0.729. The number of nitrogens with one attached hydrogen (secondary N) is 1. The molecule has 0 aliphatic carbocycles. The lowest BCUT2D eigenvalue weighted by Crippen LogP contribution is -2.68. The average Bonchev–Trinajstić information content (AvgIpc) is 3.07. The minimum Gasteiger partial charge on any atom is -0.394 e. The Morgan fingerprint density at radius 2 is 1.17 bits per heavy atom. The van der Waals surface area contributed by atoms with E-state index in [1.54, 1.807) is 0 Å². The molecule has 0 bridgehead atoms. The number of amides is 1. The molecule has 0 spiro atoms. The van der Waals surface area contributed by atoms with Gasteiger partial charge in [-0.25, -0.2) is 0 Å². The molecule has 0 aromatic carbocycles. The summed E-state index contributed by atoms with van der Waals surface area (Å²) in [7, 11) is 0. The smallest absolute Gasteiger partial charge is 0.217 e. The van der Waals surface area contributed by atoms with Crippen molar-refractivity contribution in [1.82, 2.24) is 5.32 Å². The zero-order valence-electron chi connectivity index (χ0n) is 25.6. The van der Waals surface area contributed by atoms with Crippen molar-refractivity contribution in [3.05, 3.63) is 0 Å². The average molecular weight is 710 g/mol. The Bertz CT molecular complexity index is 982. The van der Waals surface area contributed by atoms with Crippen LogP contribution in [0.1, 0.15) is 6.92 Å². The van der Waals surface area contributed by atoms with Gasteiger partial charge in [0.15, 0.2) is 18.9 Å². The van der Waals surface area contributed by atoms with Crippen LogP contribution in [0.3, 0.4) is 0 Å². The van der Waals surface area contributed by atoms with Crippen LogP contribution in [0.15, 0.2) is 0 Å². The number of hydrogen-bond acceptors (Lipinski definition) is 21. The van der Waals surface area contributed by atoms with Crippen LogP contribution < -0.4 is 5.32 Å². The molecule has 0 aromatic rings. The van der Waals surface area contributed by atoms with Gasteiger partial charge in [-0.15, -0.1) is 0 Å². The van der Waals surface area contributed by atoms with E-state index >= 15 is 0 Å². The molecule has 3 saturated heterocycles. The van der Waals surface area contributed by atoms with Crippen molar-refractivity contribution in [1.29, 1.82) is 0 Å². The number of rotatable bonds is 15. The fourth-order valence-electron chi connectivity index (χ4n) is 5.44. The molecule has 22 nitrogen and oxygen atoms in total. The molecule has 0 aromatic heterocycles. The largest absolute Gasteiger partial charge is 0.394 e. The summed E-state index contributed by atoms with van der Waals surface area (Å²) in [4.78, 5) is 12.2. The number of aliphatic hydroxyl groups excluding tert-OH is 14. The maximum atomic E-state index is 12.2. The molecule has 3 fully saturated rings. The molecule has 3 aliphatic rings. The lowest BCUT2D eigenvalue weighted by Gasteiger charge is -2.48. The standard InChI is InChI=1S/C26H47NO21/c1-7(32)27-13-23(48-25-20(41)18(39)15(36)10(4-30)45-25)17(38)11(5-31)44-24(13)43-6-12-16(37)19(40)21(42)26(46-12)47-22(9(34)3-29)14(35)8(33)2-28/h8-26,28-31,33-42H,2-6H2,1H3,(H,27,32)/t8-,9+,10+,11+,12+,13+,14+,15+,16-,17+,18-,19-,20+,21+,22+,23+,24+,25-,26-/m0/s1. The molecule has 15 N–H and O–H groups in total. The second kappa shape index (κ2) is 18.2. The molecule has 282 valence electrons. The first-order chi connectivity index (χ1) is 22.6. The summed E-state index contributed by atoms with van der Waals surface area (Å²) in [5.41, 5.74) is 0. The molecule has 3 rings (SSSR count). The second-order valence-corrected chi connectivity index (χ2v) is 11.7. The van der Waals surface area contributed by atoms with Gasteiger partial charge in [-0.3, -0.25) is 4.79 Å². The molecule has 0 radical (unpaired) electrons. The van der Waals surface area contributed by atoms with E-state index in [0.717, 1.165) is 6.92 Å². The fourth-order valence-corrected chi connectivity index (χ4v) is 5.44. The van der Waals surface area contributed by atoms with E-state index in [9.17, 15) is 71.2 Å². The number of aliphatic hydroxyl groups is 14. The van der Waals surface area contributed by atoms with E-state index in [2.05, 4.69) is 5.32 Å². The van der Waals surface area contributed by atoms with E-state index < -0.39 is 155 Å². The lowest BCUT2D eigenvalue weighted by atomic mass is 9.95. The molecular formula is C26H47NO21. The molecule has 19 atom stereocenters. The summed E-state index contributed by atoms with van der Waals surface area (Å²) in [5, 5.41) is 144. The van der Waals surface area contributed by atoms with Gasteiger partial charge in [-0.2, -0.15) is 0 Å². The first-order valence-corrected chi connectivity index (χ1v) is 15.0. The molecular weight excluding hydrogens is 662 g/mol. The third-order valence-corrected chi connectivity index (χ3v) is 8.23. The fraction of sp³-hybridized carbons (Fsp3) is 0.962. The van der Waals surface area contributed by atoms with Crippen molar-refractivity contribution < 1.29 is 105 Å². The van der Waals surface area contributed by atoms with E-state index in [4.69, 9.17) is 33.5 Å². The van der Waals surface area contributed by atoms with Crippen LogP contribution in [0.5, 0.6) is 0 Å². The molecule has 22 heteroatoms. The van der Waals surface area contributed by atoms with Crippen molar-refractivity contribution >= 4 is 5.91 Å². The van der Waals surface area contributed by atoms with Gasteiger partial charge >= 0.3 is 0 Å². The quantitative estimate of drug-likeness (QED) is 0.0750. The highest BCUT2D eigenvalue weighted by atomic mass is 16.7. The summed E-state index contributed by atoms with van der Waals surface area (Å²) >= 11 is 0. The normalized spacial score (nSPS) is 43.3. The summed E-state index contributed by atoms with van der Waals surface area (Å²) in [6.45, 7) is -3.37. The minimum absolute atomic E-state index is 0.729. The van der Waals surface area contributed by atoms with Crippen LogP contribution in [0, 0.1) is 0 Å². The Labute approximate surface area is 272 Å². The maximum Gasteiger partial charge on any atom is 0.217 e. The Balaban J connectivity index is 1.82. The number of carbonyl (C=O) groups is 1. The maximum absolute atomic E-state index is 12.2. The van der Waals surface area contributed by atoms with Crippen LogP contribution in [0.4, 0.5) is 0 Å². The number of ether oxygens (including phenoxy) is 6. The van der Waals surface area contributed by atoms with Crippen LogP contribution in [-0.2, 0) is 33.2 Å². The number of hydrogen-bond donors (Lipinski definition) is 15. The van der Waals surface area contributed by atoms with Gasteiger partial charge in [0.1, 0.15) is 97.6 Å². The predicted molar refractivity (Wildman–Crippen MR) is 148 cm³/mol. The van der Waals surface area contributed by atoms with Crippen molar-refractivity contribution in [3.63, 3.8) is 0 Å². The van der Waals surface area contributed by atoms with Gasteiger partial charge in [0, 0.05) is 6.92 Å². The summed E-state index contributed by atoms with van der Waals surface area (Å²) in [6.07, 6.45) is -32.6.